The summed E-state index contributed by atoms with van der Waals surface area (Å²) in [6, 6.07) is 5.17. The largest absolute Gasteiger partial charge is 0.418 e. The molecule has 0 aliphatic rings. The van der Waals surface area contributed by atoms with Gasteiger partial charge in [-0.25, -0.2) is 0 Å². The number of carbonyl (C=O) groups excluding carboxylic acids is 1. The zero-order valence-corrected chi connectivity index (χ0v) is 15.9. The Bertz CT molecular complexity index is 734. The number of aromatic nitrogens is 2. The van der Waals surface area contributed by atoms with Crippen molar-refractivity contribution in [2.75, 3.05) is 17.6 Å². The van der Waals surface area contributed by atoms with Crippen LogP contribution in [-0.4, -0.2) is 28.4 Å². The van der Waals surface area contributed by atoms with Gasteiger partial charge in [0.1, 0.15) is 0 Å². The molecule has 26 heavy (non-hydrogen) atoms. The van der Waals surface area contributed by atoms with Gasteiger partial charge in [0.05, 0.1) is 17.0 Å². The Labute approximate surface area is 157 Å². The van der Waals surface area contributed by atoms with Crippen LogP contribution in [0.4, 0.5) is 24.0 Å². The van der Waals surface area contributed by atoms with Crippen LogP contribution >= 0.6 is 23.1 Å². The first kappa shape index (κ1) is 20.5. The van der Waals surface area contributed by atoms with Crippen LogP contribution < -0.4 is 10.6 Å². The second-order valence-electron chi connectivity index (χ2n) is 5.86. The van der Waals surface area contributed by atoms with Crippen LogP contribution in [0.1, 0.15) is 25.8 Å². The Morgan fingerprint density at radius 3 is 2.69 bits per heavy atom. The summed E-state index contributed by atoms with van der Waals surface area (Å²) in [4.78, 5) is 11.7. The topological polar surface area (TPSA) is 66.9 Å². The molecule has 0 aliphatic heterocycles. The molecule has 0 bridgehead atoms. The van der Waals surface area contributed by atoms with Gasteiger partial charge >= 0.3 is 6.18 Å². The van der Waals surface area contributed by atoms with Gasteiger partial charge in [0.2, 0.25) is 11.0 Å². The molecule has 0 saturated carbocycles. The van der Waals surface area contributed by atoms with Crippen LogP contribution in [0.2, 0.25) is 0 Å². The van der Waals surface area contributed by atoms with Crippen molar-refractivity contribution >= 4 is 39.8 Å². The van der Waals surface area contributed by atoms with Gasteiger partial charge in [0, 0.05) is 6.54 Å². The van der Waals surface area contributed by atoms with Crippen molar-refractivity contribution in [1.29, 1.82) is 0 Å². The van der Waals surface area contributed by atoms with Gasteiger partial charge in [-0.3, -0.25) is 4.79 Å². The Hall–Kier alpha value is -1.81. The van der Waals surface area contributed by atoms with E-state index >= 15 is 0 Å². The second-order valence-corrected chi connectivity index (χ2v) is 8.06. The number of carbonyl (C=O) groups is 1. The summed E-state index contributed by atoms with van der Waals surface area (Å²) in [6.07, 6.45) is -3.55. The fraction of sp³-hybridized carbons (Fsp3) is 0.438. The SMILES string of the molecule is CC(C)CCNC(=O)CSc1nnc(Nc2ccccc2C(F)(F)F)s1. The Kier molecular flexibility index (Phi) is 7.27. The van der Waals surface area contributed by atoms with E-state index in [2.05, 4.69) is 34.7 Å². The summed E-state index contributed by atoms with van der Waals surface area (Å²) < 4.78 is 39.5. The minimum absolute atomic E-state index is 0.0841. The van der Waals surface area contributed by atoms with Gasteiger partial charge in [-0.2, -0.15) is 13.2 Å². The number of thioether (sulfide) groups is 1. The lowest BCUT2D eigenvalue weighted by Gasteiger charge is -2.12. The van der Waals surface area contributed by atoms with Gasteiger partial charge in [-0.1, -0.05) is 49.1 Å². The maximum atomic E-state index is 13.0. The third-order valence-electron chi connectivity index (χ3n) is 3.25. The first-order valence-corrected chi connectivity index (χ1v) is 9.72. The molecule has 142 valence electrons. The Balaban J connectivity index is 1.90. The predicted molar refractivity (Wildman–Crippen MR) is 97.8 cm³/mol. The summed E-state index contributed by atoms with van der Waals surface area (Å²) in [5.41, 5.74) is -0.854. The Morgan fingerprint density at radius 2 is 2.00 bits per heavy atom. The van der Waals surface area contributed by atoms with Crippen LogP contribution in [-0.2, 0) is 11.0 Å². The van der Waals surface area contributed by atoms with Crippen molar-refractivity contribution in [1.82, 2.24) is 15.5 Å². The number of para-hydroxylation sites is 1. The summed E-state index contributed by atoms with van der Waals surface area (Å²) >= 11 is 2.30. The van der Waals surface area contributed by atoms with Gasteiger partial charge in [-0.15, -0.1) is 10.2 Å². The number of hydrogen-bond donors (Lipinski definition) is 2. The van der Waals surface area contributed by atoms with Crippen LogP contribution in [0.5, 0.6) is 0 Å². The van der Waals surface area contributed by atoms with Crippen molar-refractivity contribution in [2.45, 2.75) is 30.8 Å². The van der Waals surface area contributed by atoms with Crippen molar-refractivity contribution < 1.29 is 18.0 Å². The lowest BCUT2D eigenvalue weighted by atomic mass is 10.1. The average Bonchev–Trinajstić information content (AvgIpc) is 2.99. The average molecular weight is 404 g/mol. The van der Waals surface area contributed by atoms with Crippen LogP contribution in [0, 0.1) is 5.92 Å². The lowest BCUT2D eigenvalue weighted by molar-refractivity contribution is -0.137. The molecule has 2 rings (SSSR count). The zero-order valence-electron chi connectivity index (χ0n) is 14.3. The number of benzene rings is 1. The van der Waals surface area contributed by atoms with E-state index in [1.165, 1.54) is 30.0 Å². The molecule has 0 unspecified atom stereocenters. The minimum Gasteiger partial charge on any atom is -0.355 e. The van der Waals surface area contributed by atoms with Crippen molar-refractivity contribution in [3.8, 4) is 0 Å². The molecule has 0 atom stereocenters. The first-order chi connectivity index (χ1) is 12.3. The van der Waals surface area contributed by atoms with E-state index in [4.69, 9.17) is 0 Å². The smallest absolute Gasteiger partial charge is 0.355 e. The van der Waals surface area contributed by atoms with Crippen molar-refractivity contribution in [2.24, 2.45) is 5.92 Å². The van der Waals surface area contributed by atoms with E-state index in [-0.39, 0.29) is 22.5 Å². The van der Waals surface area contributed by atoms with Crippen LogP contribution in [0.25, 0.3) is 0 Å². The van der Waals surface area contributed by atoms with Crippen LogP contribution in [0.3, 0.4) is 0 Å². The number of alkyl halides is 3. The molecule has 1 amide bonds. The van der Waals surface area contributed by atoms with E-state index in [9.17, 15) is 18.0 Å². The van der Waals surface area contributed by atoms with E-state index in [1.54, 1.807) is 0 Å². The number of anilines is 2. The molecule has 0 fully saturated rings. The lowest BCUT2D eigenvalue weighted by Crippen LogP contribution is -2.26. The minimum atomic E-state index is -4.46. The highest BCUT2D eigenvalue weighted by Gasteiger charge is 2.33. The summed E-state index contributed by atoms with van der Waals surface area (Å²) in [6.45, 7) is 4.77. The second kappa shape index (κ2) is 9.22. The molecule has 1 aromatic heterocycles. The highest BCUT2D eigenvalue weighted by atomic mass is 32.2. The molecular weight excluding hydrogens is 385 g/mol. The molecule has 5 nitrogen and oxygen atoms in total. The van der Waals surface area contributed by atoms with Crippen molar-refractivity contribution in [3.63, 3.8) is 0 Å². The van der Waals surface area contributed by atoms with E-state index in [0.717, 1.165) is 23.8 Å². The standard InChI is InChI=1S/C16H19F3N4OS2/c1-10(2)7-8-20-13(24)9-25-15-23-22-14(26-15)21-12-6-4-3-5-11(12)16(17,18)19/h3-6,10H,7-9H2,1-2H3,(H,20,24)(H,21,22). The van der Waals surface area contributed by atoms with Gasteiger partial charge in [0.25, 0.3) is 0 Å². The first-order valence-electron chi connectivity index (χ1n) is 7.92. The number of hydrogen-bond acceptors (Lipinski definition) is 6. The maximum absolute atomic E-state index is 13.0. The van der Waals surface area contributed by atoms with E-state index < -0.39 is 11.7 Å². The van der Waals surface area contributed by atoms with Crippen molar-refractivity contribution in [3.05, 3.63) is 29.8 Å². The number of nitrogens with one attached hydrogen (secondary N) is 2. The molecule has 0 saturated heterocycles. The normalized spacial score (nSPS) is 11.6. The predicted octanol–water partition coefficient (Wildman–Crippen LogP) is 4.55. The Morgan fingerprint density at radius 1 is 1.27 bits per heavy atom. The summed E-state index contributed by atoms with van der Waals surface area (Å²) in [5.74, 6) is 0.591. The fourth-order valence-corrected chi connectivity index (χ4v) is 3.55. The van der Waals surface area contributed by atoms with E-state index in [1.807, 2.05) is 0 Å². The number of amides is 1. The maximum Gasteiger partial charge on any atom is 0.418 e. The quantitative estimate of drug-likeness (QED) is 0.632. The van der Waals surface area contributed by atoms with E-state index in [0.29, 0.717) is 16.8 Å². The molecular formula is C16H19F3N4OS2. The monoisotopic (exact) mass is 404 g/mol. The molecule has 2 N–H and O–H groups in total. The number of halogens is 3. The summed E-state index contributed by atoms with van der Waals surface area (Å²) in [7, 11) is 0. The number of rotatable bonds is 8. The molecule has 10 heteroatoms. The molecule has 1 heterocycles. The molecule has 0 aliphatic carbocycles. The highest BCUT2D eigenvalue weighted by molar-refractivity contribution is 8.01. The zero-order chi connectivity index (χ0) is 19.2. The van der Waals surface area contributed by atoms with Gasteiger partial charge in [0.15, 0.2) is 4.34 Å². The fourth-order valence-electron chi connectivity index (χ4n) is 1.95. The number of nitrogens with zero attached hydrogens (tertiary/aromatic N) is 2. The van der Waals surface area contributed by atoms with Gasteiger partial charge in [-0.05, 0) is 24.5 Å². The third kappa shape index (κ3) is 6.49. The molecule has 0 spiro atoms. The van der Waals surface area contributed by atoms with Gasteiger partial charge < -0.3 is 10.6 Å². The molecule has 0 radical (unpaired) electrons. The highest BCUT2D eigenvalue weighted by Crippen LogP contribution is 2.36. The summed E-state index contributed by atoms with van der Waals surface area (Å²) in [5, 5.41) is 13.4. The third-order valence-corrected chi connectivity index (χ3v) is 5.22. The van der Waals surface area contributed by atoms with Crippen LogP contribution in [0.15, 0.2) is 28.6 Å². The molecule has 2 aromatic rings. The molecule has 1 aromatic carbocycles.